The Morgan fingerprint density at radius 3 is 2.30 bits per heavy atom. The number of likely N-dealkylation sites (N-methyl/N-ethyl adjacent to an activating group) is 1. The summed E-state index contributed by atoms with van der Waals surface area (Å²) >= 11 is 0. The van der Waals surface area contributed by atoms with Crippen molar-refractivity contribution in [2.75, 3.05) is 14.2 Å². The van der Waals surface area contributed by atoms with Gasteiger partial charge in [0.25, 0.3) is 0 Å². The maximum absolute atomic E-state index is 12.4. The molecular weight excluding hydrogens is 290 g/mol. The minimum absolute atomic E-state index is 0.262. The van der Waals surface area contributed by atoms with Crippen LogP contribution in [-0.4, -0.2) is 25.2 Å². The average molecular weight is 309 g/mol. The number of nitrogens with zero attached hydrogens (tertiary/aromatic N) is 1. The van der Waals surface area contributed by atoms with Gasteiger partial charge in [-0.25, -0.2) is 4.79 Å². The van der Waals surface area contributed by atoms with E-state index in [2.05, 4.69) is 0 Å². The van der Waals surface area contributed by atoms with Crippen LogP contribution in [0.25, 0.3) is 0 Å². The van der Waals surface area contributed by atoms with Gasteiger partial charge in [-0.3, -0.25) is 0 Å². The van der Waals surface area contributed by atoms with Crippen molar-refractivity contribution in [1.82, 2.24) is 5.06 Å². The van der Waals surface area contributed by atoms with Crippen LogP contribution in [0.4, 0.5) is 0 Å². The lowest BCUT2D eigenvalue weighted by Gasteiger charge is -2.20. The van der Waals surface area contributed by atoms with Crippen molar-refractivity contribution in [3.63, 3.8) is 0 Å². The standard InChI is InChI=1S/C19H19NO3/c1-20-18(15-11-7-4-8-12-15)17(19(21)22-2)16(23-20)13-14-9-5-3-6-10-14/h3-12,18H,13H2,1-2H3. The highest BCUT2D eigenvalue weighted by Gasteiger charge is 2.38. The highest BCUT2D eigenvalue weighted by molar-refractivity contribution is 5.91. The Hall–Kier alpha value is -2.59. The lowest BCUT2D eigenvalue weighted by Crippen LogP contribution is -2.22. The van der Waals surface area contributed by atoms with Gasteiger partial charge in [0.1, 0.15) is 17.4 Å². The van der Waals surface area contributed by atoms with E-state index in [1.807, 2.05) is 67.7 Å². The van der Waals surface area contributed by atoms with E-state index in [0.29, 0.717) is 17.8 Å². The van der Waals surface area contributed by atoms with Crippen LogP contribution >= 0.6 is 0 Å². The fourth-order valence-corrected chi connectivity index (χ4v) is 2.87. The fraction of sp³-hybridized carbons (Fsp3) is 0.211. The van der Waals surface area contributed by atoms with Crippen LogP contribution in [0.2, 0.25) is 0 Å². The Kier molecular flexibility index (Phi) is 4.44. The molecule has 0 aromatic heterocycles. The molecule has 1 unspecified atom stereocenters. The van der Waals surface area contributed by atoms with Crippen molar-refractivity contribution in [2.24, 2.45) is 0 Å². The molecule has 2 aromatic rings. The zero-order valence-electron chi connectivity index (χ0n) is 13.2. The van der Waals surface area contributed by atoms with Crippen LogP contribution in [0.5, 0.6) is 0 Å². The number of hydroxylamine groups is 2. The first kappa shape index (κ1) is 15.3. The summed E-state index contributed by atoms with van der Waals surface area (Å²) in [4.78, 5) is 18.2. The van der Waals surface area contributed by atoms with Crippen LogP contribution in [0.3, 0.4) is 0 Å². The second-order valence-corrected chi connectivity index (χ2v) is 5.44. The lowest BCUT2D eigenvalue weighted by molar-refractivity contribution is -0.137. The highest BCUT2D eigenvalue weighted by Crippen LogP contribution is 2.38. The number of allylic oxidation sites excluding steroid dienone is 1. The Morgan fingerprint density at radius 1 is 1.09 bits per heavy atom. The van der Waals surface area contributed by atoms with E-state index in [0.717, 1.165) is 11.1 Å². The molecule has 0 fully saturated rings. The van der Waals surface area contributed by atoms with Gasteiger partial charge in [-0.15, -0.1) is 5.06 Å². The maximum atomic E-state index is 12.4. The van der Waals surface area contributed by atoms with Crippen molar-refractivity contribution >= 4 is 5.97 Å². The van der Waals surface area contributed by atoms with Gasteiger partial charge >= 0.3 is 5.97 Å². The first-order valence-electron chi connectivity index (χ1n) is 7.51. The minimum atomic E-state index is -0.353. The summed E-state index contributed by atoms with van der Waals surface area (Å²) in [6.45, 7) is 0. The van der Waals surface area contributed by atoms with Crippen LogP contribution in [0, 0.1) is 0 Å². The molecule has 0 amide bonds. The largest absolute Gasteiger partial charge is 0.466 e. The maximum Gasteiger partial charge on any atom is 0.339 e. The van der Waals surface area contributed by atoms with E-state index in [9.17, 15) is 4.79 Å². The number of hydrogen-bond donors (Lipinski definition) is 0. The number of methoxy groups -OCH3 is 1. The molecule has 2 aromatic carbocycles. The number of hydrogen-bond acceptors (Lipinski definition) is 4. The average Bonchev–Trinajstić information content (AvgIpc) is 2.91. The molecule has 1 aliphatic rings. The Bertz CT molecular complexity index is 710. The number of carbonyl (C=O) groups is 1. The molecule has 0 saturated heterocycles. The number of rotatable bonds is 4. The van der Waals surface area contributed by atoms with Crippen LogP contribution in [0.15, 0.2) is 72.0 Å². The molecule has 4 heteroatoms. The van der Waals surface area contributed by atoms with E-state index >= 15 is 0 Å². The summed E-state index contributed by atoms with van der Waals surface area (Å²) in [7, 11) is 3.23. The predicted molar refractivity (Wildman–Crippen MR) is 87.2 cm³/mol. The summed E-state index contributed by atoms with van der Waals surface area (Å²) in [6.07, 6.45) is 0.555. The molecule has 0 N–H and O–H groups in total. The number of carbonyl (C=O) groups excluding carboxylic acids is 1. The molecule has 1 heterocycles. The number of ether oxygens (including phenoxy) is 1. The van der Waals surface area contributed by atoms with Gasteiger partial charge in [-0.2, -0.15) is 0 Å². The highest BCUT2D eigenvalue weighted by atomic mass is 16.7. The minimum Gasteiger partial charge on any atom is -0.466 e. The lowest BCUT2D eigenvalue weighted by atomic mass is 9.96. The molecule has 1 aliphatic heterocycles. The summed E-state index contributed by atoms with van der Waals surface area (Å²) < 4.78 is 5.00. The van der Waals surface area contributed by atoms with Gasteiger partial charge in [0, 0.05) is 13.5 Å². The van der Waals surface area contributed by atoms with Crippen molar-refractivity contribution in [3.05, 3.63) is 83.1 Å². The summed E-state index contributed by atoms with van der Waals surface area (Å²) in [5, 5.41) is 1.71. The van der Waals surface area contributed by atoms with Crippen molar-refractivity contribution in [2.45, 2.75) is 12.5 Å². The third-order valence-corrected chi connectivity index (χ3v) is 3.92. The van der Waals surface area contributed by atoms with E-state index in [-0.39, 0.29) is 12.0 Å². The quantitative estimate of drug-likeness (QED) is 0.813. The zero-order chi connectivity index (χ0) is 16.2. The molecule has 3 rings (SSSR count). The van der Waals surface area contributed by atoms with Crippen LogP contribution in [-0.2, 0) is 20.8 Å². The molecule has 0 aliphatic carbocycles. The van der Waals surface area contributed by atoms with E-state index in [1.54, 1.807) is 5.06 Å². The molecule has 1 atom stereocenters. The molecule has 0 radical (unpaired) electrons. The molecule has 0 saturated carbocycles. The van der Waals surface area contributed by atoms with Crippen LogP contribution < -0.4 is 0 Å². The van der Waals surface area contributed by atoms with Gasteiger partial charge in [0.15, 0.2) is 0 Å². The normalized spacial score (nSPS) is 17.9. The first-order chi connectivity index (χ1) is 11.2. The van der Waals surface area contributed by atoms with Crippen molar-refractivity contribution in [1.29, 1.82) is 0 Å². The van der Waals surface area contributed by atoms with Gasteiger partial charge in [0.2, 0.25) is 0 Å². The summed E-state index contributed by atoms with van der Waals surface area (Å²) in [5.41, 5.74) is 2.65. The topological polar surface area (TPSA) is 38.8 Å². The molecule has 118 valence electrons. The summed E-state index contributed by atoms with van der Waals surface area (Å²) in [5.74, 6) is 0.286. The number of esters is 1. The van der Waals surface area contributed by atoms with E-state index in [1.165, 1.54) is 7.11 Å². The van der Waals surface area contributed by atoms with Gasteiger partial charge in [0.05, 0.1) is 7.11 Å². The number of benzene rings is 2. The fourth-order valence-electron chi connectivity index (χ4n) is 2.87. The van der Waals surface area contributed by atoms with Gasteiger partial charge in [-0.1, -0.05) is 60.7 Å². The second-order valence-electron chi connectivity index (χ2n) is 5.44. The molecule has 23 heavy (non-hydrogen) atoms. The Balaban J connectivity index is 2.01. The van der Waals surface area contributed by atoms with Gasteiger partial charge < -0.3 is 9.57 Å². The third-order valence-electron chi connectivity index (χ3n) is 3.92. The van der Waals surface area contributed by atoms with Crippen molar-refractivity contribution < 1.29 is 14.4 Å². The molecular formula is C19H19NO3. The molecule has 0 spiro atoms. The van der Waals surface area contributed by atoms with Gasteiger partial charge in [-0.05, 0) is 11.1 Å². The third kappa shape index (κ3) is 3.12. The predicted octanol–water partition coefficient (Wildman–Crippen LogP) is 3.27. The van der Waals surface area contributed by atoms with Crippen molar-refractivity contribution in [3.8, 4) is 0 Å². The zero-order valence-corrected chi connectivity index (χ0v) is 13.2. The van der Waals surface area contributed by atoms with E-state index < -0.39 is 0 Å². The SMILES string of the molecule is COC(=O)C1=C(Cc2ccccc2)ON(C)C1c1ccccc1. The smallest absolute Gasteiger partial charge is 0.339 e. The van der Waals surface area contributed by atoms with E-state index in [4.69, 9.17) is 9.57 Å². The summed E-state index contributed by atoms with van der Waals surface area (Å²) in [6, 6.07) is 19.5. The Labute approximate surface area is 135 Å². The second kappa shape index (κ2) is 6.67. The first-order valence-corrected chi connectivity index (χ1v) is 7.51. The molecule has 0 bridgehead atoms. The van der Waals surface area contributed by atoms with Crippen LogP contribution in [0.1, 0.15) is 17.2 Å². The monoisotopic (exact) mass is 309 g/mol. The molecule has 4 nitrogen and oxygen atoms in total. The Morgan fingerprint density at radius 2 is 1.70 bits per heavy atom.